The molecule has 1 unspecified atom stereocenters. The van der Waals surface area contributed by atoms with Crippen LogP contribution in [0.25, 0.3) is 0 Å². The highest BCUT2D eigenvalue weighted by atomic mass is 31.2. The fourth-order valence-electron chi connectivity index (χ4n) is 3.73. The zero-order chi connectivity index (χ0) is 29.2. The molecule has 2 heterocycles. The number of rotatable bonds is 15. The number of nitrogen functional groups attached to an aromatic ring is 1. The van der Waals surface area contributed by atoms with Crippen molar-refractivity contribution in [3.63, 3.8) is 0 Å². The van der Waals surface area contributed by atoms with Gasteiger partial charge in [-0.3, -0.25) is 13.9 Å². The predicted molar refractivity (Wildman–Crippen MR) is 142 cm³/mol. The van der Waals surface area contributed by atoms with Gasteiger partial charge < -0.3 is 25.1 Å². The van der Waals surface area contributed by atoms with Crippen LogP contribution in [-0.4, -0.2) is 76.1 Å². The molecule has 0 aliphatic carbocycles. The molecule has 1 aromatic heterocycles. The summed E-state index contributed by atoms with van der Waals surface area (Å²) in [5, 5.41) is 13.1. The lowest BCUT2D eigenvalue weighted by molar-refractivity contribution is -0.145. The number of alkyl halides is 1. The van der Waals surface area contributed by atoms with Gasteiger partial charge in [-0.05, 0) is 39.2 Å². The molecule has 39 heavy (non-hydrogen) atoms. The number of carbonyl (C=O) groups is 2. The van der Waals surface area contributed by atoms with Crippen LogP contribution in [0.5, 0.6) is 0 Å². The molecule has 0 radical (unpaired) electrons. The highest BCUT2D eigenvalue weighted by Gasteiger charge is 2.46. The normalized spacial score (nSPS) is 23.7. The molecule has 220 valence electrons. The minimum absolute atomic E-state index is 0.0578. The number of aliphatic hydroxyl groups is 1. The summed E-state index contributed by atoms with van der Waals surface area (Å²) < 4.78 is 49.6. The number of aliphatic hydroxyl groups excluding tert-OH is 1. The van der Waals surface area contributed by atoms with Crippen molar-refractivity contribution in [2.75, 3.05) is 25.1 Å². The average Bonchev–Trinajstić information content (AvgIpc) is 3.16. The number of anilines is 1. The number of nitrogens with two attached hydrogens (primary N) is 1. The Hall–Kier alpha value is -2.67. The highest BCUT2D eigenvalue weighted by Crippen LogP contribution is 2.46. The van der Waals surface area contributed by atoms with Crippen LogP contribution in [0.3, 0.4) is 0 Å². The quantitative estimate of drug-likeness (QED) is 0.120. The molecule has 4 N–H and O–H groups in total. The number of nitrogens with one attached hydrogen (secondary N) is 1. The summed E-state index contributed by atoms with van der Waals surface area (Å²) in [6.45, 7) is 7.01. The molecule has 0 aromatic carbocycles. The van der Waals surface area contributed by atoms with Gasteiger partial charge in [0.1, 0.15) is 23.7 Å². The Kier molecular flexibility index (Phi) is 12.7. The molecule has 0 bridgehead atoms. The third-order valence-corrected chi connectivity index (χ3v) is 8.24. The lowest BCUT2D eigenvalue weighted by Crippen LogP contribution is -2.35. The standard InChI is InChI=1S/C24H39FN5O8P/c1-5-7-12-36-22(32)15(3)28-39(35,29-16(4)23(33)37-13-8-6-2)14-10-17-20(31)19(25)21(38-17)30-11-9-18(26)27-24(30)34/h9,11,15,17,19-21,31H,5-8,10,12-14H2,1-4H3,(H,28,35)(H2,26,27,34)/t15-,17+,19+,20+,21+,39?/m0/s1. The van der Waals surface area contributed by atoms with E-state index in [1.165, 1.54) is 26.1 Å². The second kappa shape index (κ2) is 15.2. The fourth-order valence-corrected chi connectivity index (χ4v) is 5.89. The second-order valence-electron chi connectivity index (χ2n) is 9.30. The number of nitrogens with zero attached hydrogens (tertiary/aromatic N) is 3. The zero-order valence-electron chi connectivity index (χ0n) is 22.7. The van der Waals surface area contributed by atoms with Crippen molar-refractivity contribution in [3.8, 4) is 0 Å². The van der Waals surface area contributed by atoms with Gasteiger partial charge in [-0.25, -0.2) is 23.8 Å². The predicted octanol–water partition coefficient (Wildman–Crippen LogP) is 2.13. The lowest BCUT2D eigenvalue weighted by atomic mass is 10.1. The van der Waals surface area contributed by atoms with E-state index in [2.05, 4.69) is 14.8 Å². The Balaban J connectivity index is 2.20. The number of halogens is 1. The highest BCUT2D eigenvalue weighted by molar-refractivity contribution is 7.60. The molecule has 1 aromatic rings. The Morgan fingerprint density at radius 1 is 1.31 bits per heavy atom. The van der Waals surface area contributed by atoms with Crippen molar-refractivity contribution in [2.24, 2.45) is 4.76 Å². The van der Waals surface area contributed by atoms with Crippen LogP contribution in [0, 0.1) is 0 Å². The van der Waals surface area contributed by atoms with Crippen LogP contribution >= 0.6 is 7.44 Å². The number of hydrogen-bond donors (Lipinski definition) is 3. The molecule has 0 spiro atoms. The zero-order valence-corrected chi connectivity index (χ0v) is 23.6. The summed E-state index contributed by atoms with van der Waals surface area (Å²) in [7, 11) is -3.90. The number of hydrogen-bond acceptors (Lipinski definition) is 10. The summed E-state index contributed by atoms with van der Waals surface area (Å²) in [6, 6.07) is 0.240. The number of esters is 2. The van der Waals surface area contributed by atoms with E-state index in [0.717, 1.165) is 17.4 Å². The van der Waals surface area contributed by atoms with Crippen molar-refractivity contribution >= 4 is 30.9 Å². The number of unbranched alkanes of at least 4 members (excludes halogenated alkanes) is 2. The molecule has 0 amide bonds. The molecule has 13 nitrogen and oxygen atoms in total. The molecule has 2 rings (SSSR count). The van der Waals surface area contributed by atoms with Crippen LogP contribution in [-0.2, 0) is 28.4 Å². The maximum atomic E-state index is 14.9. The topological polar surface area (TPSA) is 184 Å². The third-order valence-electron chi connectivity index (χ3n) is 5.97. The largest absolute Gasteiger partial charge is 0.465 e. The van der Waals surface area contributed by atoms with E-state index >= 15 is 0 Å². The smallest absolute Gasteiger partial charge is 0.352 e. The first-order valence-corrected chi connectivity index (χ1v) is 14.9. The summed E-state index contributed by atoms with van der Waals surface area (Å²) in [5.74, 6) is -1.48. The number of aromatic nitrogens is 2. The maximum Gasteiger partial charge on any atom is 0.352 e. The van der Waals surface area contributed by atoms with Crippen LogP contribution in [0.1, 0.15) is 66.0 Å². The fraction of sp³-hybridized carbons (Fsp3) is 0.708. The van der Waals surface area contributed by atoms with Crippen molar-refractivity contribution < 1.29 is 37.9 Å². The maximum absolute atomic E-state index is 14.9. The summed E-state index contributed by atoms with van der Waals surface area (Å²) in [4.78, 5) is 40.4. The van der Waals surface area contributed by atoms with Gasteiger partial charge in [-0.15, -0.1) is 0 Å². The van der Waals surface area contributed by atoms with E-state index in [1.807, 2.05) is 13.8 Å². The first-order chi connectivity index (χ1) is 18.4. The van der Waals surface area contributed by atoms with E-state index in [9.17, 15) is 28.4 Å². The molecule has 6 atom stereocenters. The van der Waals surface area contributed by atoms with Crippen LogP contribution in [0.15, 0.2) is 21.8 Å². The Morgan fingerprint density at radius 2 is 1.95 bits per heavy atom. The first kappa shape index (κ1) is 32.5. The molecular weight excluding hydrogens is 536 g/mol. The first-order valence-electron chi connectivity index (χ1n) is 13.0. The van der Waals surface area contributed by atoms with E-state index < -0.39 is 55.7 Å². The average molecular weight is 576 g/mol. The Morgan fingerprint density at radius 3 is 2.56 bits per heavy atom. The van der Waals surface area contributed by atoms with Gasteiger partial charge >= 0.3 is 17.6 Å². The number of ether oxygens (including phenoxy) is 3. The Bertz CT molecular complexity index is 1120. The van der Waals surface area contributed by atoms with Crippen molar-refractivity contribution in [1.29, 1.82) is 0 Å². The van der Waals surface area contributed by atoms with Gasteiger partial charge in [0.25, 0.3) is 7.44 Å². The molecule has 1 aliphatic rings. The van der Waals surface area contributed by atoms with Crippen LogP contribution in [0.4, 0.5) is 10.2 Å². The molecule has 1 fully saturated rings. The second-order valence-corrected chi connectivity index (χ2v) is 11.6. The van der Waals surface area contributed by atoms with E-state index in [0.29, 0.717) is 12.8 Å². The summed E-state index contributed by atoms with van der Waals surface area (Å²) >= 11 is 0. The van der Waals surface area contributed by atoms with Crippen LogP contribution < -0.4 is 16.5 Å². The molecule has 15 heteroatoms. The summed E-state index contributed by atoms with van der Waals surface area (Å²) in [5.41, 5.74) is 4.44. The van der Waals surface area contributed by atoms with Gasteiger partial charge in [0.05, 0.1) is 19.3 Å². The molecule has 1 saturated heterocycles. The van der Waals surface area contributed by atoms with Gasteiger partial charge in [0, 0.05) is 12.4 Å². The van der Waals surface area contributed by atoms with Crippen molar-refractivity contribution in [1.82, 2.24) is 14.6 Å². The SMILES string of the molecule is CCCCOC(=O)C(C)=NP(=O)(CC[C@H]1O[C@@H](n2ccc(N)nc2=O)[C@H](F)[C@@H]1O)N[C@@H](C)C(=O)OCCCC. The van der Waals surface area contributed by atoms with Crippen LogP contribution in [0.2, 0.25) is 0 Å². The lowest BCUT2D eigenvalue weighted by Gasteiger charge is -2.22. The third kappa shape index (κ3) is 9.48. The van der Waals surface area contributed by atoms with Crippen molar-refractivity contribution in [2.45, 2.75) is 90.4 Å². The molecule has 1 aliphatic heterocycles. The molecule has 0 saturated carbocycles. The summed E-state index contributed by atoms with van der Waals surface area (Å²) in [6.07, 6.45) is -2.67. The monoisotopic (exact) mass is 575 g/mol. The van der Waals surface area contributed by atoms with Gasteiger partial charge in [0.15, 0.2) is 12.4 Å². The minimum atomic E-state index is -3.90. The Labute approximate surface area is 226 Å². The van der Waals surface area contributed by atoms with E-state index in [-0.39, 0.29) is 37.3 Å². The van der Waals surface area contributed by atoms with Gasteiger partial charge in [-0.1, -0.05) is 26.7 Å². The molecular formula is C24H39FN5O8P. The van der Waals surface area contributed by atoms with E-state index in [1.54, 1.807) is 0 Å². The van der Waals surface area contributed by atoms with E-state index in [4.69, 9.17) is 19.9 Å². The van der Waals surface area contributed by atoms with Gasteiger partial charge in [0.2, 0.25) is 0 Å². The van der Waals surface area contributed by atoms with Gasteiger partial charge in [-0.2, -0.15) is 4.98 Å². The number of carbonyl (C=O) groups excluding carboxylic acids is 2. The minimum Gasteiger partial charge on any atom is -0.465 e. The van der Waals surface area contributed by atoms with Crippen molar-refractivity contribution in [3.05, 3.63) is 22.7 Å².